The molecule has 2 heterocycles. The van der Waals surface area contributed by atoms with Crippen LogP contribution in [0.4, 0.5) is 5.82 Å². The standard InChI is InChI=1S/C14H26N4O2S/c1-4-7-17-10-13(14(15)16-17)21(19,20)18-8-5-12(6-9-18)11(2)3/h10-12H,4-9H2,1-3H3,(H2,15,16). The molecule has 0 bridgehead atoms. The lowest BCUT2D eigenvalue weighted by Gasteiger charge is -2.32. The molecule has 21 heavy (non-hydrogen) atoms. The third-order valence-corrected chi connectivity index (χ3v) is 6.18. The number of piperidine rings is 1. The van der Waals surface area contributed by atoms with Gasteiger partial charge < -0.3 is 5.73 Å². The van der Waals surface area contributed by atoms with Crippen LogP contribution in [-0.2, 0) is 16.6 Å². The molecular formula is C14H26N4O2S. The SMILES string of the molecule is CCCn1cc(S(=O)(=O)N2CCC(C(C)C)CC2)c(N)n1. The van der Waals surface area contributed by atoms with E-state index in [1.165, 1.54) is 0 Å². The lowest BCUT2D eigenvalue weighted by Crippen LogP contribution is -2.39. The van der Waals surface area contributed by atoms with Gasteiger partial charge in [-0.1, -0.05) is 20.8 Å². The van der Waals surface area contributed by atoms with Crippen LogP contribution in [0.25, 0.3) is 0 Å². The predicted octanol–water partition coefficient (Wildman–Crippen LogP) is 1.93. The molecule has 0 spiro atoms. The Kier molecular flexibility index (Phi) is 4.93. The molecule has 1 fully saturated rings. The lowest BCUT2D eigenvalue weighted by molar-refractivity contribution is 0.226. The number of hydrogen-bond acceptors (Lipinski definition) is 4. The monoisotopic (exact) mass is 314 g/mol. The van der Waals surface area contributed by atoms with Crippen LogP contribution in [0.5, 0.6) is 0 Å². The maximum absolute atomic E-state index is 12.7. The molecule has 6 nitrogen and oxygen atoms in total. The highest BCUT2D eigenvalue weighted by Gasteiger charge is 2.32. The van der Waals surface area contributed by atoms with E-state index in [0.29, 0.717) is 31.5 Å². The van der Waals surface area contributed by atoms with Gasteiger partial charge in [0.15, 0.2) is 5.82 Å². The summed E-state index contributed by atoms with van der Waals surface area (Å²) < 4.78 is 28.6. The van der Waals surface area contributed by atoms with E-state index in [1.807, 2.05) is 6.92 Å². The average molecular weight is 314 g/mol. The molecule has 2 N–H and O–H groups in total. The van der Waals surface area contributed by atoms with Crippen molar-refractivity contribution in [2.24, 2.45) is 11.8 Å². The minimum atomic E-state index is -3.51. The molecule has 0 radical (unpaired) electrons. The molecule has 0 unspecified atom stereocenters. The average Bonchev–Trinajstić information content (AvgIpc) is 2.81. The van der Waals surface area contributed by atoms with Gasteiger partial charge in [0, 0.05) is 25.8 Å². The summed E-state index contributed by atoms with van der Waals surface area (Å²) in [6.07, 6.45) is 4.28. The maximum Gasteiger partial charge on any atom is 0.248 e. The van der Waals surface area contributed by atoms with Crippen molar-refractivity contribution in [1.29, 1.82) is 0 Å². The van der Waals surface area contributed by atoms with Crippen molar-refractivity contribution in [3.63, 3.8) is 0 Å². The van der Waals surface area contributed by atoms with Crippen molar-refractivity contribution in [3.05, 3.63) is 6.20 Å². The van der Waals surface area contributed by atoms with Crippen molar-refractivity contribution in [2.75, 3.05) is 18.8 Å². The number of hydrogen-bond donors (Lipinski definition) is 1. The van der Waals surface area contributed by atoms with Crippen LogP contribution in [0.1, 0.15) is 40.0 Å². The molecular weight excluding hydrogens is 288 g/mol. The Morgan fingerprint density at radius 2 is 2.00 bits per heavy atom. The van der Waals surface area contributed by atoms with E-state index < -0.39 is 10.0 Å². The van der Waals surface area contributed by atoms with Gasteiger partial charge >= 0.3 is 0 Å². The van der Waals surface area contributed by atoms with Gasteiger partial charge in [0.2, 0.25) is 10.0 Å². The second-order valence-electron chi connectivity index (χ2n) is 6.13. The quantitative estimate of drug-likeness (QED) is 0.900. The summed E-state index contributed by atoms with van der Waals surface area (Å²) >= 11 is 0. The van der Waals surface area contributed by atoms with Crippen molar-refractivity contribution >= 4 is 15.8 Å². The van der Waals surface area contributed by atoms with Crippen molar-refractivity contribution in [3.8, 4) is 0 Å². The summed E-state index contributed by atoms with van der Waals surface area (Å²) in [5.41, 5.74) is 5.80. The zero-order valence-corrected chi connectivity index (χ0v) is 13.9. The van der Waals surface area contributed by atoms with E-state index >= 15 is 0 Å². The fourth-order valence-electron chi connectivity index (χ4n) is 2.88. The van der Waals surface area contributed by atoms with Gasteiger partial charge in [-0.05, 0) is 31.1 Å². The fraction of sp³-hybridized carbons (Fsp3) is 0.786. The van der Waals surface area contributed by atoms with E-state index in [0.717, 1.165) is 19.3 Å². The van der Waals surface area contributed by atoms with Crippen LogP contribution >= 0.6 is 0 Å². The van der Waals surface area contributed by atoms with Crippen LogP contribution in [0.2, 0.25) is 0 Å². The molecule has 1 aliphatic rings. The van der Waals surface area contributed by atoms with Gasteiger partial charge in [0.25, 0.3) is 0 Å². The number of nitrogens with zero attached hydrogens (tertiary/aromatic N) is 3. The molecule has 0 aromatic carbocycles. The Bertz CT molecular complexity index is 572. The van der Waals surface area contributed by atoms with E-state index in [4.69, 9.17) is 5.73 Å². The van der Waals surface area contributed by atoms with E-state index in [9.17, 15) is 8.42 Å². The summed E-state index contributed by atoms with van der Waals surface area (Å²) in [7, 11) is -3.51. The van der Waals surface area contributed by atoms with Crippen molar-refractivity contribution < 1.29 is 8.42 Å². The summed E-state index contributed by atoms with van der Waals surface area (Å²) in [5.74, 6) is 1.32. The maximum atomic E-state index is 12.7. The number of sulfonamides is 1. The van der Waals surface area contributed by atoms with Gasteiger partial charge in [-0.3, -0.25) is 4.68 Å². The first-order valence-electron chi connectivity index (χ1n) is 7.69. The summed E-state index contributed by atoms with van der Waals surface area (Å²) in [6.45, 7) is 8.23. The Labute approximate surface area is 127 Å². The summed E-state index contributed by atoms with van der Waals surface area (Å²) in [5, 5.41) is 4.09. The lowest BCUT2D eigenvalue weighted by atomic mass is 9.87. The highest BCUT2D eigenvalue weighted by Crippen LogP contribution is 2.29. The Balaban J connectivity index is 2.15. The zero-order valence-electron chi connectivity index (χ0n) is 13.1. The molecule has 0 atom stereocenters. The van der Waals surface area contributed by atoms with Gasteiger partial charge in [0.05, 0.1) is 0 Å². The van der Waals surface area contributed by atoms with Gasteiger partial charge in [-0.25, -0.2) is 8.42 Å². The summed E-state index contributed by atoms with van der Waals surface area (Å²) in [6, 6.07) is 0. The second kappa shape index (κ2) is 6.36. The first-order chi connectivity index (χ1) is 9.86. The molecule has 1 aromatic heterocycles. The smallest absolute Gasteiger partial charge is 0.248 e. The minimum absolute atomic E-state index is 0.106. The molecule has 0 aliphatic carbocycles. The van der Waals surface area contributed by atoms with E-state index in [2.05, 4.69) is 18.9 Å². The van der Waals surface area contributed by atoms with E-state index in [1.54, 1.807) is 15.2 Å². The zero-order chi connectivity index (χ0) is 15.6. The van der Waals surface area contributed by atoms with Crippen LogP contribution < -0.4 is 5.73 Å². The second-order valence-corrected chi connectivity index (χ2v) is 8.03. The van der Waals surface area contributed by atoms with Crippen LogP contribution in [-0.4, -0.2) is 35.6 Å². The molecule has 0 amide bonds. The Morgan fingerprint density at radius 3 is 2.52 bits per heavy atom. The normalized spacial score (nSPS) is 18.5. The number of nitrogens with two attached hydrogens (primary N) is 1. The highest BCUT2D eigenvalue weighted by molar-refractivity contribution is 7.89. The largest absolute Gasteiger partial charge is 0.381 e. The fourth-order valence-corrected chi connectivity index (χ4v) is 4.41. The van der Waals surface area contributed by atoms with Crippen LogP contribution in [0, 0.1) is 11.8 Å². The molecule has 0 saturated carbocycles. The molecule has 120 valence electrons. The molecule has 7 heteroatoms. The third kappa shape index (κ3) is 3.40. The predicted molar refractivity (Wildman–Crippen MR) is 83.3 cm³/mol. The van der Waals surface area contributed by atoms with Gasteiger partial charge in [0.1, 0.15) is 4.90 Å². The highest BCUT2D eigenvalue weighted by atomic mass is 32.2. The number of anilines is 1. The van der Waals surface area contributed by atoms with Crippen molar-refractivity contribution in [2.45, 2.75) is 51.5 Å². The van der Waals surface area contributed by atoms with Crippen LogP contribution in [0.3, 0.4) is 0 Å². The first kappa shape index (κ1) is 16.3. The number of nitrogen functional groups attached to an aromatic ring is 1. The molecule has 1 aliphatic heterocycles. The Morgan fingerprint density at radius 1 is 1.38 bits per heavy atom. The summed E-state index contributed by atoms with van der Waals surface area (Å²) in [4.78, 5) is 0.152. The topological polar surface area (TPSA) is 81.2 Å². The van der Waals surface area contributed by atoms with Crippen molar-refractivity contribution in [1.82, 2.24) is 14.1 Å². The molecule has 1 aromatic rings. The van der Waals surface area contributed by atoms with Crippen LogP contribution in [0.15, 0.2) is 11.1 Å². The number of aromatic nitrogens is 2. The van der Waals surface area contributed by atoms with E-state index in [-0.39, 0.29) is 10.7 Å². The van der Waals surface area contributed by atoms with Gasteiger partial charge in [-0.15, -0.1) is 0 Å². The molecule has 1 saturated heterocycles. The number of aryl methyl sites for hydroxylation is 1. The Hall–Kier alpha value is -1.08. The number of rotatable bonds is 5. The molecule has 2 rings (SSSR count). The first-order valence-corrected chi connectivity index (χ1v) is 9.13. The van der Waals surface area contributed by atoms with Gasteiger partial charge in [-0.2, -0.15) is 9.40 Å². The minimum Gasteiger partial charge on any atom is -0.381 e. The third-order valence-electron chi connectivity index (χ3n) is 4.27.